The summed E-state index contributed by atoms with van der Waals surface area (Å²) < 4.78 is 0.766. The van der Waals surface area contributed by atoms with E-state index in [4.69, 9.17) is 11.6 Å². The summed E-state index contributed by atoms with van der Waals surface area (Å²) >= 11 is 9.41. The van der Waals surface area contributed by atoms with Crippen molar-refractivity contribution < 1.29 is 9.59 Å². The molecule has 1 aromatic rings. The lowest BCUT2D eigenvalue weighted by Crippen LogP contribution is -2.32. The van der Waals surface area contributed by atoms with Gasteiger partial charge in [-0.3, -0.25) is 9.59 Å². The van der Waals surface area contributed by atoms with E-state index >= 15 is 0 Å². The van der Waals surface area contributed by atoms with E-state index in [-0.39, 0.29) is 23.7 Å². The van der Waals surface area contributed by atoms with Crippen LogP contribution in [0.15, 0.2) is 22.7 Å². The van der Waals surface area contributed by atoms with Crippen molar-refractivity contribution in [1.82, 2.24) is 0 Å². The minimum atomic E-state index is -0.0799. The van der Waals surface area contributed by atoms with Gasteiger partial charge in [0, 0.05) is 4.47 Å². The van der Waals surface area contributed by atoms with Gasteiger partial charge in [-0.2, -0.15) is 0 Å². The molecule has 3 nitrogen and oxygen atoms in total. The number of carbonyl (C=O) groups is 2. The van der Waals surface area contributed by atoms with Gasteiger partial charge in [0.15, 0.2) is 0 Å². The molecule has 2 amide bonds. The molecule has 20 heavy (non-hydrogen) atoms. The molecule has 2 aliphatic carbocycles. The fraction of sp³-hybridized carbons (Fsp3) is 0.467. The van der Waals surface area contributed by atoms with Gasteiger partial charge in [0.25, 0.3) is 0 Å². The zero-order valence-corrected chi connectivity index (χ0v) is 13.0. The van der Waals surface area contributed by atoms with Crippen LogP contribution in [-0.2, 0) is 9.59 Å². The van der Waals surface area contributed by atoms with Crippen LogP contribution in [0, 0.1) is 23.7 Å². The fourth-order valence-corrected chi connectivity index (χ4v) is 4.71. The number of hydrogen-bond donors (Lipinski definition) is 0. The Hall–Kier alpha value is -0.870. The number of fused-ring (bicyclic) bond motifs is 5. The Bertz CT molecular complexity index is 604. The molecule has 1 heterocycles. The predicted octanol–water partition coefficient (Wildman–Crippen LogP) is 3.64. The molecular formula is C15H13BrClNO2. The molecule has 2 bridgehead atoms. The van der Waals surface area contributed by atoms with Gasteiger partial charge in [-0.1, -0.05) is 11.6 Å². The van der Waals surface area contributed by atoms with Crippen molar-refractivity contribution in [3.05, 3.63) is 27.7 Å². The summed E-state index contributed by atoms with van der Waals surface area (Å²) in [6, 6.07) is 5.24. The molecule has 2 saturated carbocycles. The van der Waals surface area contributed by atoms with Gasteiger partial charge >= 0.3 is 0 Å². The van der Waals surface area contributed by atoms with Gasteiger partial charge in [-0.25, -0.2) is 4.90 Å². The van der Waals surface area contributed by atoms with Crippen molar-refractivity contribution in [2.75, 3.05) is 4.90 Å². The molecule has 0 spiro atoms. The average Bonchev–Trinajstić information content (AvgIpc) is 3.08. The number of hydrogen-bond acceptors (Lipinski definition) is 2. The zero-order valence-electron chi connectivity index (χ0n) is 10.7. The minimum Gasteiger partial charge on any atom is -0.274 e. The van der Waals surface area contributed by atoms with E-state index in [1.165, 1.54) is 4.90 Å². The molecular weight excluding hydrogens is 342 g/mol. The molecule has 3 fully saturated rings. The van der Waals surface area contributed by atoms with E-state index < -0.39 is 0 Å². The highest BCUT2D eigenvalue weighted by Gasteiger charge is 2.61. The van der Waals surface area contributed by atoms with Crippen LogP contribution in [-0.4, -0.2) is 11.8 Å². The van der Waals surface area contributed by atoms with Crippen LogP contribution >= 0.6 is 27.5 Å². The van der Waals surface area contributed by atoms with Crippen LogP contribution < -0.4 is 4.90 Å². The monoisotopic (exact) mass is 353 g/mol. The Balaban J connectivity index is 1.74. The first-order chi connectivity index (χ1) is 9.58. The summed E-state index contributed by atoms with van der Waals surface area (Å²) in [5.41, 5.74) is 0.599. The Morgan fingerprint density at radius 1 is 1.10 bits per heavy atom. The van der Waals surface area contributed by atoms with Gasteiger partial charge in [0.1, 0.15) is 0 Å². The van der Waals surface area contributed by atoms with Crippen molar-refractivity contribution in [3.8, 4) is 0 Å². The lowest BCUT2D eigenvalue weighted by Gasteiger charge is -2.19. The van der Waals surface area contributed by atoms with E-state index in [0.717, 1.165) is 23.7 Å². The topological polar surface area (TPSA) is 37.4 Å². The third-order valence-corrected chi connectivity index (χ3v) is 6.32. The molecule has 1 aromatic carbocycles. The Labute approximate surface area is 130 Å². The Morgan fingerprint density at radius 2 is 1.70 bits per heavy atom. The van der Waals surface area contributed by atoms with E-state index in [2.05, 4.69) is 15.9 Å². The van der Waals surface area contributed by atoms with Crippen molar-refractivity contribution in [1.29, 1.82) is 0 Å². The van der Waals surface area contributed by atoms with Crippen molar-refractivity contribution in [3.63, 3.8) is 0 Å². The third kappa shape index (κ3) is 1.58. The van der Waals surface area contributed by atoms with Crippen molar-refractivity contribution in [2.24, 2.45) is 23.7 Å². The molecule has 0 radical (unpaired) electrons. The minimum absolute atomic E-state index is 0.0226. The molecule has 3 aliphatic rings. The lowest BCUT2D eigenvalue weighted by atomic mass is 9.81. The number of nitrogens with zero attached hydrogens (tertiary/aromatic N) is 1. The van der Waals surface area contributed by atoms with E-state index in [0.29, 0.717) is 22.5 Å². The number of benzene rings is 1. The first-order valence-electron chi connectivity index (χ1n) is 6.91. The summed E-state index contributed by atoms with van der Waals surface area (Å²) in [7, 11) is 0. The smallest absolute Gasteiger partial charge is 0.237 e. The standard InChI is InChI=1S/C15H13BrClNO2/c16-10-4-3-9(6-11(10)17)18-14(19)12-7-1-2-8(5-7)13(12)15(18)20/h3-4,6-8,12-13H,1-2,5H2/t7-,8-,12-,13+/m1/s1. The number of amides is 2. The van der Waals surface area contributed by atoms with Crippen molar-refractivity contribution in [2.45, 2.75) is 19.3 Å². The first kappa shape index (κ1) is 12.8. The zero-order chi connectivity index (χ0) is 14.0. The maximum absolute atomic E-state index is 12.6. The number of rotatable bonds is 1. The SMILES string of the molecule is O=C1[C@@H]2[C@@H]3CC[C@H](C3)[C@@H]2C(=O)N1c1ccc(Br)c(Cl)c1. The van der Waals surface area contributed by atoms with Crippen LogP contribution in [0.4, 0.5) is 5.69 Å². The summed E-state index contributed by atoms with van der Waals surface area (Å²) in [5, 5.41) is 0.517. The van der Waals surface area contributed by atoms with E-state index in [1.54, 1.807) is 18.2 Å². The molecule has 0 N–H and O–H groups in total. The maximum atomic E-state index is 12.6. The number of carbonyl (C=O) groups excluding carboxylic acids is 2. The molecule has 1 saturated heterocycles. The van der Waals surface area contributed by atoms with Gasteiger partial charge in [-0.15, -0.1) is 0 Å². The molecule has 4 atom stereocenters. The number of anilines is 1. The largest absolute Gasteiger partial charge is 0.274 e. The number of halogens is 2. The van der Waals surface area contributed by atoms with Crippen molar-refractivity contribution >= 4 is 45.0 Å². The second-order valence-corrected chi connectivity index (χ2v) is 7.26. The van der Waals surface area contributed by atoms with Gasteiger partial charge in [-0.05, 0) is 65.2 Å². The molecule has 4 rings (SSSR count). The number of imide groups is 1. The second kappa shape index (κ2) is 4.31. The van der Waals surface area contributed by atoms with Crippen LogP contribution in [0.25, 0.3) is 0 Å². The highest BCUT2D eigenvalue weighted by atomic mass is 79.9. The third-order valence-electron chi connectivity index (χ3n) is 5.09. The quantitative estimate of drug-likeness (QED) is 0.722. The molecule has 0 unspecified atom stereocenters. The summed E-state index contributed by atoms with van der Waals surface area (Å²) in [5.74, 6) is 0.623. The highest BCUT2D eigenvalue weighted by Crippen LogP contribution is 2.56. The van der Waals surface area contributed by atoms with Gasteiger partial charge < -0.3 is 0 Å². The summed E-state index contributed by atoms with van der Waals surface area (Å²) in [6.45, 7) is 0. The molecule has 104 valence electrons. The second-order valence-electron chi connectivity index (χ2n) is 6.00. The van der Waals surface area contributed by atoms with Crippen LogP contribution in [0.2, 0.25) is 5.02 Å². The summed E-state index contributed by atoms with van der Waals surface area (Å²) in [6.07, 6.45) is 3.25. The molecule has 1 aliphatic heterocycles. The summed E-state index contributed by atoms with van der Waals surface area (Å²) in [4.78, 5) is 26.6. The van der Waals surface area contributed by atoms with Gasteiger partial charge in [0.2, 0.25) is 11.8 Å². The van der Waals surface area contributed by atoms with Crippen LogP contribution in [0.1, 0.15) is 19.3 Å². The first-order valence-corrected chi connectivity index (χ1v) is 8.08. The predicted molar refractivity (Wildman–Crippen MR) is 79.5 cm³/mol. The Kier molecular flexibility index (Phi) is 2.77. The van der Waals surface area contributed by atoms with Crippen LogP contribution in [0.5, 0.6) is 0 Å². The van der Waals surface area contributed by atoms with E-state index in [1.807, 2.05) is 0 Å². The molecule has 5 heteroatoms. The van der Waals surface area contributed by atoms with Gasteiger partial charge in [0.05, 0.1) is 22.5 Å². The van der Waals surface area contributed by atoms with E-state index in [9.17, 15) is 9.59 Å². The Morgan fingerprint density at radius 3 is 2.25 bits per heavy atom. The maximum Gasteiger partial charge on any atom is 0.237 e. The normalized spacial score (nSPS) is 35.0. The average molecular weight is 355 g/mol. The lowest BCUT2D eigenvalue weighted by molar-refractivity contribution is -0.123. The molecule has 0 aromatic heterocycles. The highest BCUT2D eigenvalue weighted by molar-refractivity contribution is 9.10. The fourth-order valence-electron chi connectivity index (χ4n) is 4.29. The van der Waals surface area contributed by atoms with Crippen LogP contribution in [0.3, 0.4) is 0 Å².